The van der Waals surface area contributed by atoms with Gasteiger partial charge in [-0.1, -0.05) is 42.5 Å². The summed E-state index contributed by atoms with van der Waals surface area (Å²) in [5.74, 6) is -0.256. The van der Waals surface area contributed by atoms with Crippen molar-refractivity contribution in [2.24, 2.45) is 5.73 Å². The van der Waals surface area contributed by atoms with Crippen LogP contribution in [0, 0.1) is 0 Å². The molecule has 0 unspecified atom stereocenters. The van der Waals surface area contributed by atoms with Crippen molar-refractivity contribution in [1.29, 1.82) is 0 Å². The third-order valence-electron chi connectivity index (χ3n) is 4.37. The van der Waals surface area contributed by atoms with Crippen LogP contribution in [0.5, 0.6) is 0 Å². The lowest BCUT2D eigenvalue weighted by atomic mass is 9.95. The molecule has 2 N–H and O–H groups in total. The standard InChI is InChI=1S/C17H17F3N2O2S/c18-17(19,20)14-8-4-5-9-16(14)25(23,24)22-10-13(15(21)11-22)12-6-2-1-3-7-12/h1-9,13,15H,10-11,21H2/t13-,15+/m0/s1. The highest BCUT2D eigenvalue weighted by Crippen LogP contribution is 2.37. The average Bonchev–Trinajstić information content (AvgIpc) is 2.97. The van der Waals surface area contributed by atoms with E-state index in [9.17, 15) is 21.6 Å². The molecule has 0 spiro atoms. The van der Waals surface area contributed by atoms with Crippen LogP contribution in [-0.4, -0.2) is 31.9 Å². The second kappa shape index (κ2) is 6.44. The molecular formula is C17H17F3N2O2S. The van der Waals surface area contributed by atoms with Gasteiger partial charge in [0.05, 0.1) is 10.5 Å². The molecular weight excluding hydrogens is 353 g/mol. The lowest BCUT2D eigenvalue weighted by Crippen LogP contribution is -2.33. The van der Waals surface area contributed by atoms with E-state index in [1.807, 2.05) is 30.3 Å². The normalized spacial score (nSPS) is 22.2. The zero-order valence-electron chi connectivity index (χ0n) is 13.1. The highest BCUT2D eigenvalue weighted by Gasteiger charge is 2.42. The number of hydrogen-bond donors (Lipinski definition) is 1. The van der Waals surface area contributed by atoms with Crippen LogP contribution in [0.1, 0.15) is 17.0 Å². The fraction of sp³-hybridized carbons (Fsp3) is 0.294. The summed E-state index contributed by atoms with van der Waals surface area (Å²) in [6.45, 7) is 0.0355. The maximum absolute atomic E-state index is 13.2. The first-order valence-corrected chi connectivity index (χ1v) is 9.12. The Bertz CT molecular complexity index is 854. The van der Waals surface area contributed by atoms with Gasteiger partial charge in [-0.3, -0.25) is 0 Å². The number of alkyl halides is 3. The fourth-order valence-corrected chi connectivity index (χ4v) is 4.82. The molecule has 0 radical (unpaired) electrons. The summed E-state index contributed by atoms with van der Waals surface area (Å²) in [6, 6.07) is 12.9. The highest BCUT2D eigenvalue weighted by molar-refractivity contribution is 7.89. The average molecular weight is 370 g/mol. The van der Waals surface area contributed by atoms with Gasteiger partial charge < -0.3 is 5.73 Å². The van der Waals surface area contributed by atoms with Gasteiger partial charge in [-0.2, -0.15) is 17.5 Å². The molecule has 0 aliphatic carbocycles. The van der Waals surface area contributed by atoms with Crippen LogP contribution in [-0.2, 0) is 16.2 Å². The first-order chi connectivity index (χ1) is 11.7. The zero-order chi connectivity index (χ0) is 18.2. The van der Waals surface area contributed by atoms with Crippen molar-refractivity contribution in [3.63, 3.8) is 0 Å². The second-order valence-corrected chi connectivity index (χ2v) is 7.90. The van der Waals surface area contributed by atoms with E-state index in [1.165, 1.54) is 12.1 Å². The summed E-state index contributed by atoms with van der Waals surface area (Å²) < 4.78 is 66.2. The van der Waals surface area contributed by atoms with Gasteiger partial charge in [0.25, 0.3) is 0 Å². The second-order valence-electron chi connectivity index (χ2n) is 6.00. The van der Waals surface area contributed by atoms with Crippen LogP contribution in [0.3, 0.4) is 0 Å². The number of hydrogen-bond acceptors (Lipinski definition) is 3. The summed E-state index contributed by atoms with van der Waals surface area (Å²) in [5, 5.41) is 0. The van der Waals surface area contributed by atoms with Crippen molar-refractivity contribution in [2.45, 2.75) is 23.0 Å². The van der Waals surface area contributed by atoms with E-state index in [4.69, 9.17) is 5.73 Å². The molecule has 0 saturated carbocycles. The van der Waals surface area contributed by atoms with Crippen LogP contribution < -0.4 is 5.73 Å². The Kier molecular flexibility index (Phi) is 4.61. The molecule has 4 nitrogen and oxygen atoms in total. The third kappa shape index (κ3) is 3.42. The molecule has 1 fully saturated rings. The lowest BCUT2D eigenvalue weighted by molar-refractivity contribution is -0.139. The van der Waals surface area contributed by atoms with Crippen molar-refractivity contribution in [1.82, 2.24) is 4.31 Å². The minimum absolute atomic E-state index is 0.0198. The molecule has 2 atom stereocenters. The van der Waals surface area contributed by atoms with Gasteiger partial charge in [-0.05, 0) is 17.7 Å². The van der Waals surface area contributed by atoms with Gasteiger partial charge in [0, 0.05) is 25.0 Å². The predicted octanol–water partition coefficient (Wildman–Crippen LogP) is 2.82. The Labute approximate surface area is 144 Å². The first-order valence-electron chi connectivity index (χ1n) is 7.68. The Morgan fingerprint density at radius 1 is 0.960 bits per heavy atom. The molecule has 2 aromatic carbocycles. The number of rotatable bonds is 3. The van der Waals surface area contributed by atoms with Gasteiger partial charge in [0.1, 0.15) is 0 Å². The SMILES string of the molecule is N[C@@H]1CN(S(=O)(=O)c2ccccc2C(F)(F)F)C[C@H]1c1ccccc1. The zero-order valence-corrected chi connectivity index (χ0v) is 14.0. The summed E-state index contributed by atoms with van der Waals surface area (Å²) in [4.78, 5) is -0.733. The van der Waals surface area contributed by atoms with Gasteiger partial charge in [-0.15, -0.1) is 0 Å². The molecule has 1 aliphatic heterocycles. The number of nitrogens with zero attached hydrogens (tertiary/aromatic N) is 1. The molecule has 1 saturated heterocycles. The van der Waals surface area contributed by atoms with E-state index < -0.39 is 32.7 Å². The monoisotopic (exact) mass is 370 g/mol. The van der Waals surface area contributed by atoms with Crippen LogP contribution in [0.15, 0.2) is 59.5 Å². The van der Waals surface area contributed by atoms with Gasteiger partial charge in [0.15, 0.2) is 0 Å². The molecule has 8 heteroatoms. The maximum Gasteiger partial charge on any atom is 0.417 e. The Hall–Kier alpha value is -1.90. The number of halogens is 3. The van der Waals surface area contributed by atoms with E-state index in [2.05, 4.69) is 0 Å². The van der Waals surface area contributed by atoms with Crippen LogP contribution in [0.25, 0.3) is 0 Å². The Morgan fingerprint density at radius 2 is 1.56 bits per heavy atom. The molecule has 0 aromatic heterocycles. The van der Waals surface area contributed by atoms with E-state index in [-0.39, 0.29) is 19.0 Å². The van der Waals surface area contributed by atoms with Crippen LogP contribution in [0.2, 0.25) is 0 Å². The number of benzene rings is 2. The van der Waals surface area contributed by atoms with Crippen LogP contribution in [0.4, 0.5) is 13.2 Å². The topological polar surface area (TPSA) is 63.4 Å². The number of sulfonamides is 1. The molecule has 1 heterocycles. The van der Waals surface area contributed by atoms with Crippen LogP contribution >= 0.6 is 0 Å². The molecule has 0 amide bonds. The Balaban J connectivity index is 1.95. The van der Waals surface area contributed by atoms with Gasteiger partial charge in [0.2, 0.25) is 10.0 Å². The molecule has 25 heavy (non-hydrogen) atoms. The molecule has 2 aromatic rings. The van der Waals surface area contributed by atoms with E-state index in [1.54, 1.807) is 0 Å². The van der Waals surface area contributed by atoms with E-state index in [0.717, 1.165) is 22.0 Å². The maximum atomic E-state index is 13.2. The van der Waals surface area contributed by atoms with E-state index >= 15 is 0 Å². The minimum atomic E-state index is -4.75. The summed E-state index contributed by atoms with van der Waals surface area (Å²) >= 11 is 0. The molecule has 1 aliphatic rings. The fourth-order valence-electron chi connectivity index (χ4n) is 3.11. The molecule has 3 rings (SSSR count). The summed E-state index contributed by atoms with van der Waals surface area (Å²) in [6.07, 6.45) is -4.75. The van der Waals surface area contributed by atoms with Crippen molar-refractivity contribution in [3.05, 3.63) is 65.7 Å². The van der Waals surface area contributed by atoms with Crippen molar-refractivity contribution in [2.75, 3.05) is 13.1 Å². The third-order valence-corrected chi connectivity index (χ3v) is 6.26. The predicted molar refractivity (Wildman–Crippen MR) is 87.4 cm³/mol. The lowest BCUT2D eigenvalue weighted by Gasteiger charge is -2.19. The number of nitrogens with two attached hydrogens (primary N) is 1. The molecule has 0 bridgehead atoms. The minimum Gasteiger partial charge on any atom is -0.326 e. The largest absolute Gasteiger partial charge is 0.417 e. The van der Waals surface area contributed by atoms with Crippen molar-refractivity contribution in [3.8, 4) is 0 Å². The highest BCUT2D eigenvalue weighted by atomic mass is 32.2. The van der Waals surface area contributed by atoms with Crippen molar-refractivity contribution < 1.29 is 21.6 Å². The van der Waals surface area contributed by atoms with E-state index in [0.29, 0.717) is 0 Å². The first kappa shape index (κ1) is 17.9. The molecule has 134 valence electrons. The summed E-state index contributed by atoms with van der Waals surface area (Å²) in [5.41, 5.74) is 5.78. The Morgan fingerprint density at radius 3 is 2.20 bits per heavy atom. The quantitative estimate of drug-likeness (QED) is 0.904. The summed E-state index contributed by atoms with van der Waals surface area (Å²) in [7, 11) is -4.29. The van der Waals surface area contributed by atoms with Crippen molar-refractivity contribution >= 4 is 10.0 Å². The smallest absolute Gasteiger partial charge is 0.326 e. The van der Waals surface area contributed by atoms with Gasteiger partial charge in [-0.25, -0.2) is 8.42 Å². The van der Waals surface area contributed by atoms with Gasteiger partial charge >= 0.3 is 6.18 Å².